The summed E-state index contributed by atoms with van der Waals surface area (Å²) in [6.07, 6.45) is 21.0. The lowest BCUT2D eigenvalue weighted by atomic mass is 10.00. The van der Waals surface area contributed by atoms with Crippen molar-refractivity contribution in [1.82, 2.24) is 0 Å². The third-order valence-electron chi connectivity index (χ3n) is 6.32. The third-order valence-corrected chi connectivity index (χ3v) is 6.32. The Labute approximate surface area is 201 Å². The van der Waals surface area contributed by atoms with Gasteiger partial charge in [0.25, 0.3) is 0 Å². The second-order valence-electron chi connectivity index (χ2n) is 9.31. The van der Waals surface area contributed by atoms with Crippen LogP contribution in [0.5, 0.6) is 17.2 Å². The molecule has 0 fully saturated rings. The highest BCUT2D eigenvalue weighted by Crippen LogP contribution is 2.40. The van der Waals surface area contributed by atoms with Crippen LogP contribution >= 0.6 is 0 Å². The summed E-state index contributed by atoms with van der Waals surface area (Å²) < 4.78 is 5.89. The Hall–Kier alpha value is -1.91. The monoisotopic (exact) mass is 464 g/mol. The highest BCUT2D eigenvalue weighted by Gasteiger charge is 2.24. The van der Waals surface area contributed by atoms with Gasteiger partial charge in [-0.3, -0.25) is 0 Å². The number of benzene rings is 1. The van der Waals surface area contributed by atoms with Crippen LogP contribution in [-0.4, -0.2) is 27.9 Å². The van der Waals surface area contributed by atoms with Gasteiger partial charge in [-0.15, -0.1) is 0 Å². The minimum atomic E-state index is -1.28. The van der Waals surface area contributed by atoms with Crippen molar-refractivity contribution in [3.05, 3.63) is 17.2 Å². The van der Waals surface area contributed by atoms with Crippen molar-refractivity contribution < 1.29 is 24.9 Å². The summed E-state index contributed by atoms with van der Waals surface area (Å²) in [5.41, 5.74) is 0.348. The van der Waals surface area contributed by atoms with Crippen LogP contribution in [0.1, 0.15) is 139 Å². The molecule has 3 N–H and O–H groups in total. The van der Waals surface area contributed by atoms with Gasteiger partial charge in [0, 0.05) is 0 Å². The largest absolute Gasteiger partial charge is 0.504 e. The van der Waals surface area contributed by atoms with E-state index < -0.39 is 17.5 Å². The molecule has 0 aliphatic carbocycles. The van der Waals surface area contributed by atoms with Crippen LogP contribution in [0.25, 0.3) is 0 Å². The van der Waals surface area contributed by atoms with E-state index in [4.69, 9.17) is 4.74 Å². The van der Waals surface area contributed by atoms with Crippen molar-refractivity contribution in [3.63, 3.8) is 0 Å². The van der Waals surface area contributed by atoms with Crippen LogP contribution in [0.4, 0.5) is 0 Å². The molecule has 0 aromatic heterocycles. The number of aromatic carboxylic acids is 1. The quantitative estimate of drug-likeness (QED) is 0.126. The highest BCUT2D eigenvalue weighted by molar-refractivity contribution is 5.95. The maximum absolute atomic E-state index is 11.8. The lowest BCUT2D eigenvalue weighted by molar-refractivity contribution is 0.0687. The number of carbonyl (C=O) groups is 1. The van der Waals surface area contributed by atoms with Crippen LogP contribution in [0, 0.1) is 0 Å². The minimum absolute atomic E-state index is 0.221. The molecule has 1 rings (SSSR count). The molecule has 0 radical (unpaired) electrons. The molecule has 0 spiro atoms. The number of unbranched alkanes of at least 4 members (excludes halogenated alkanes) is 15. The van der Waals surface area contributed by atoms with Gasteiger partial charge in [0.15, 0.2) is 11.5 Å². The first-order chi connectivity index (χ1) is 16.0. The fourth-order valence-electron chi connectivity index (χ4n) is 4.28. The van der Waals surface area contributed by atoms with E-state index >= 15 is 0 Å². The van der Waals surface area contributed by atoms with Gasteiger partial charge in [-0.2, -0.15) is 0 Å². The van der Waals surface area contributed by atoms with Crippen LogP contribution in [0.15, 0.2) is 6.07 Å². The molecule has 0 heterocycles. The zero-order chi connectivity index (χ0) is 24.3. The molecule has 0 unspecified atom stereocenters. The molecule has 0 aliphatic rings. The van der Waals surface area contributed by atoms with Crippen molar-refractivity contribution >= 4 is 5.97 Å². The summed E-state index contributed by atoms with van der Waals surface area (Å²) in [7, 11) is 0. The second kappa shape index (κ2) is 18.5. The van der Waals surface area contributed by atoms with Gasteiger partial charge in [0.1, 0.15) is 11.3 Å². The SMILES string of the molecule is CCCCCCCCCCCCCOc1c(CCCCCCCC)cc(O)c(O)c1C(=O)O. The van der Waals surface area contributed by atoms with E-state index in [1.807, 2.05) is 0 Å². The number of carboxylic acids is 1. The molecule has 1 aromatic carbocycles. The lowest BCUT2D eigenvalue weighted by Crippen LogP contribution is -2.08. The number of phenolic OH excluding ortho intramolecular Hbond substituents is 1. The number of hydrogen-bond acceptors (Lipinski definition) is 4. The maximum Gasteiger partial charge on any atom is 0.343 e. The van der Waals surface area contributed by atoms with Gasteiger partial charge in [0.05, 0.1) is 6.61 Å². The van der Waals surface area contributed by atoms with Gasteiger partial charge in [-0.1, -0.05) is 110 Å². The molecule has 0 bridgehead atoms. The fraction of sp³-hybridized carbons (Fsp3) is 0.750. The summed E-state index contributed by atoms with van der Waals surface area (Å²) in [5, 5.41) is 29.8. The van der Waals surface area contributed by atoms with E-state index in [-0.39, 0.29) is 11.3 Å². The average molecular weight is 465 g/mol. The van der Waals surface area contributed by atoms with E-state index in [2.05, 4.69) is 13.8 Å². The second-order valence-corrected chi connectivity index (χ2v) is 9.31. The summed E-state index contributed by atoms with van der Waals surface area (Å²) >= 11 is 0. The Morgan fingerprint density at radius 3 is 1.67 bits per heavy atom. The molecular formula is C28H48O5. The molecule has 0 aliphatic heterocycles. The number of aromatic hydroxyl groups is 2. The van der Waals surface area contributed by atoms with E-state index in [0.717, 1.165) is 38.5 Å². The molecule has 0 amide bonds. The normalized spacial score (nSPS) is 11.1. The van der Waals surface area contributed by atoms with E-state index in [0.29, 0.717) is 18.6 Å². The number of phenols is 2. The van der Waals surface area contributed by atoms with Crippen LogP contribution in [0.3, 0.4) is 0 Å². The topological polar surface area (TPSA) is 87.0 Å². The van der Waals surface area contributed by atoms with E-state index in [1.54, 1.807) is 0 Å². The van der Waals surface area contributed by atoms with Gasteiger partial charge in [-0.25, -0.2) is 4.79 Å². The first-order valence-corrected chi connectivity index (χ1v) is 13.5. The molecule has 0 atom stereocenters. The fourth-order valence-corrected chi connectivity index (χ4v) is 4.28. The Bertz CT molecular complexity index is 656. The summed E-state index contributed by atoms with van der Waals surface area (Å²) in [6, 6.07) is 1.46. The van der Waals surface area contributed by atoms with Crippen molar-refractivity contribution in [1.29, 1.82) is 0 Å². The van der Waals surface area contributed by atoms with E-state index in [1.165, 1.54) is 76.7 Å². The highest BCUT2D eigenvalue weighted by atomic mass is 16.5. The van der Waals surface area contributed by atoms with Crippen molar-refractivity contribution in [2.24, 2.45) is 0 Å². The Morgan fingerprint density at radius 1 is 0.727 bits per heavy atom. The predicted molar refractivity (Wildman–Crippen MR) is 136 cm³/mol. The Balaban J connectivity index is 2.46. The van der Waals surface area contributed by atoms with Crippen LogP contribution in [0.2, 0.25) is 0 Å². The average Bonchev–Trinajstić information content (AvgIpc) is 2.79. The first kappa shape index (κ1) is 29.1. The summed E-state index contributed by atoms with van der Waals surface area (Å²) in [5.74, 6) is -2.06. The first-order valence-electron chi connectivity index (χ1n) is 13.5. The molecule has 0 saturated carbocycles. The van der Waals surface area contributed by atoms with Crippen molar-refractivity contribution in [2.75, 3.05) is 6.61 Å². The zero-order valence-electron chi connectivity index (χ0n) is 21.2. The zero-order valence-corrected chi connectivity index (χ0v) is 21.2. The standard InChI is InChI=1S/C28H48O5/c1-3-5-7-9-11-12-13-14-15-17-19-21-33-27-23(20-18-16-10-8-6-4-2)22-24(29)26(30)25(27)28(31)32/h22,29-30H,3-21H2,1-2H3,(H,31,32). The smallest absolute Gasteiger partial charge is 0.343 e. The lowest BCUT2D eigenvalue weighted by Gasteiger charge is -2.16. The summed E-state index contributed by atoms with van der Waals surface area (Å²) in [4.78, 5) is 11.8. The Morgan fingerprint density at radius 2 is 1.18 bits per heavy atom. The number of carboxylic acid groups (broad SMARTS) is 1. The molecule has 5 heteroatoms. The molecule has 0 saturated heterocycles. The van der Waals surface area contributed by atoms with Gasteiger partial charge < -0.3 is 20.1 Å². The van der Waals surface area contributed by atoms with Gasteiger partial charge in [-0.05, 0) is 30.9 Å². The molecule has 5 nitrogen and oxygen atoms in total. The third kappa shape index (κ3) is 12.2. The van der Waals surface area contributed by atoms with Gasteiger partial charge in [0.2, 0.25) is 0 Å². The van der Waals surface area contributed by atoms with Crippen molar-refractivity contribution in [3.8, 4) is 17.2 Å². The molecule has 190 valence electrons. The number of aryl methyl sites for hydroxylation is 1. The molecule has 1 aromatic rings. The predicted octanol–water partition coefficient (Wildman–Crippen LogP) is 8.39. The minimum Gasteiger partial charge on any atom is -0.504 e. The van der Waals surface area contributed by atoms with E-state index in [9.17, 15) is 20.1 Å². The van der Waals surface area contributed by atoms with Crippen LogP contribution < -0.4 is 4.74 Å². The van der Waals surface area contributed by atoms with Crippen LogP contribution in [-0.2, 0) is 6.42 Å². The Kier molecular flexibility index (Phi) is 16.3. The molecular weight excluding hydrogens is 416 g/mol. The maximum atomic E-state index is 11.8. The molecule has 33 heavy (non-hydrogen) atoms. The number of hydrogen-bond donors (Lipinski definition) is 3. The van der Waals surface area contributed by atoms with Gasteiger partial charge >= 0.3 is 5.97 Å². The van der Waals surface area contributed by atoms with Crippen molar-refractivity contribution in [2.45, 2.75) is 129 Å². The summed E-state index contributed by atoms with van der Waals surface area (Å²) in [6.45, 7) is 4.85. The number of rotatable bonds is 21. The number of ether oxygens (including phenoxy) is 1.